The van der Waals surface area contributed by atoms with Crippen molar-refractivity contribution in [3.05, 3.63) is 48.0 Å². The number of amides is 1. The van der Waals surface area contributed by atoms with E-state index < -0.39 is 10.0 Å². The Kier molecular flexibility index (Phi) is 5.21. The zero-order valence-corrected chi connectivity index (χ0v) is 15.9. The Morgan fingerprint density at radius 1 is 0.893 bits per heavy atom. The van der Waals surface area contributed by atoms with Crippen molar-refractivity contribution in [2.45, 2.75) is 4.90 Å². The summed E-state index contributed by atoms with van der Waals surface area (Å²) in [5.74, 6) is 0.826. The molecule has 2 aromatic rings. The van der Waals surface area contributed by atoms with Gasteiger partial charge in [-0.15, -0.1) is 0 Å². The smallest absolute Gasteiger partial charge is 0.255 e. The summed E-state index contributed by atoms with van der Waals surface area (Å²) < 4.78 is 42.8. The van der Waals surface area contributed by atoms with Crippen LogP contribution in [-0.2, 0) is 14.8 Å². The first kappa shape index (κ1) is 18.7. The summed E-state index contributed by atoms with van der Waals surface area (Å²) in [5.41, 5.74) is 0.926. The van der Waals surface area contributed by atoms with Gasteiger partial charge in [-0.25, -0.2) is 8.42 Å². The highest BCUT2D eigenvalue weighted by Crippen LogP contribution is 2.31. The van der Waals surface area contributed by atoms with Crippen LogP contribution in [0.3, 0.4) is 0 Å². The predicted molar refractivity (Wildman–Crippen MR) is 101 cm³/mol. The average Bonchev–Trinajstić information content (AvgIpc) is 2.74. The largest absolute Gasteiger partial charge is 0.486 e. The van der Waals surface area contributed by atoms with Crippen molar-refractivity contribution in [1.29, 1.82) is 0 Å². The molecule has 4 rings (SSSR count). The highest BCUT2D eigenvalue weighted by molar-refractivity contribution is 7.89. The first-order chi connectivity index (χ1) is 13.5. The standard InChI is InChI=1S/C19H20N2O6S/c22-19(14-1-6-17-18(13-14)27-12-11-26-17)20-15-2-4-16(5-3-15)28(23,24)21-7-9-25-10-8-21/h1-6,13H,7-12H2,(H,20,22). The Balaban J connectivity index is 1.46. The second-order valence-corrected chi connectivity index (χ2v) is 8.29. The van der Waals surface area contributed by atoms with Crippen LogP contribution in [0.15, 0.2) is 47.4 Å². The number of carbonyl (C=O) groups excluding carboxylic acids is 1. The van der Waals surface area contributed by atoms with Gasteiger partial charge in [0.15, 0.2) is 11.5 Å². The number of sulfonamides is 1. The number of carbonyl (C=O) groups is 1. The van der Waals surface area contributed by atoms with Crippen LogP contribution in [0.4, 0.5) is 5.69 Å². The first-order valence-electron chi connectivity index (χ1n) is 8.93. The summed E-state index contributed by atoms with van der Waals surface area (Å²) in [5, 5.41) is 2.76. The van der Waals surface area contributed by atoms with Gasteiger partial charge >= 0.3 is 0 Å². The van der Waals surface area contributed by atoms with Gasteiger partial charge in [0.2, 0.25) is 10.0 Å². The van der Waals surface area contributed by atoms with Crippen molar-refractivity contribution in [3.8, 4) is 11.5 Å². The molecule has 0 aromatic heterocycles. The molecule has 0 spiro atoms. The van der Waals surface area contributed by atoms with Crippen LogP contribution < -0.4 is 14.8 Å². The van der Waals surface area contributed by atoms with Gasteiger partial charge in [0.1, 0.15) is 13.2 Å². The van der Waals surface area contributed by atoms with E-state index in [-0.39, 0.29) is 10.8 Å². The fraction of sp³-hybridized carbons (Fsp3) is 0.316. The number of anilines is 1. The molecule has 9 heteroatoms. The number of hydrogen-bond acceptors (Lipinski definition) is 6. The van der Waals surface area contributed by atoms with Gasteiger partial charge in [-0.2, -0.15) is 4.31 Å². The summed E-state index contributed by atoms with van der Waals surface area (Å²) in [7, 11) is -3.56. The third-order valence-corrected chi connectivity index (χ3v) is 6.44. The minimum absolute atomic E-state index is 0.187. The summed E-state index contributed by atoms with van der Waals surface area (Å²) >= 11 is 0. The molecule has 0 atom stereocenters. The van der Waals surface area contributed by atoms with Gasteiger partial charge in [0.25, 0.3) is 5.91 Å². The van der Waals surface area contributed by atoms with Crippen LogP contribution in [0, 0.1) is 0 Å². The van der Waals surface area contributed by atoms with Gasteiger partial charge in [-0.1, -0.05) is 0 Å². The Labute approximate surface area is 163 Å². The quantitative estimate of drug-likeness (QED) is 0.834. The molecule has 2 aliphatic heterocycles. The SMILES string of the molecule is O=C(Nc1ccc(S(=O)(=O)N2CCOCC2)cc1)c1ccc2c(c1)OCCO2. The van der Waals surface area contributed by atoms with Gasteiger partial charge < -0.3 is 19.5 Å². The molecular weight excluding hydrogens is 384 g/mol. The van der Waals surface area contributed by atoms with E-state index in [0.29, 0.717) is 62.3 Å². The lowest BCUT2D eigenvalue weighted by molar-refractivity contribution is 0.0730. The van der Waals surface area contributed by atoms with Crippen molar-refractivity contribution in [2.75, 3.05) is 44.8 Å². The molecule has 2 aromatic carbocycles. The van der Waals surface area contributed by atoms with E-state index in [1.54, 1.807) is 30.3 Å². The van der Waals surface area contributed by atoms with Crippen molar-refractivity contribution in [2.24, 2.45) is 0 Å². The van der Waals surface area contributed by atoms with Crippen molar-refractivity contribution in [1.82, 2.24) is 4.31 Å². The zero-order chi connectivity index (χ0) is 19.6. The van der Waals surface area contributed by atoms with E-state index in [4.69, 9.17) is 14.2 Å². The number of benzene rings is 2. The molecular formula is C19H20N2O6S. The minimum Gasteiger partial charge on any atom is -0.486 e. The number of morpholine rings is 1. The van der Waals surface area contributed by atoms with Crippen LogP contribution in [0.1, 0.15) is 10.4 Å². The third kappa shape index (κ3) is 3.82. The summed E-state index contributed by atoms with van der Waals surface area (Å²) in [6, 6.07) is 11.1. The maximum absolute atomic E-state index is 12.6. The normalized spacial score (nSPS) is 17.1. The average molecular weight is 404 g/mol. The van der Waals surface area contributed by atoms with Crippen LogP contribution in [0.5, 0.6) is 11.5 Å². The van der Waals surface area contributed by atoms with Crippen LogP contribution in [-0.4, -0.2) is 58.1 Å². The Bertz CT molecular complexity index is 968. The highest BCUT2D eigenvalue weighted by atomic mass is 32.2. The van der Waals surface area contributed by atoms with Crippen LogP contribution >= 0.6 is 0 Å². The van der Waals surface area contributed by atoms with Crippen molar-refractivity contribution >= 4 is 21.6 Å². The minimum atomic E-state index is -3.56. The van der Waals surface area contributed by atoms with E-state index in [1.807, 2.05) is 0 Å². The monoisotopic (exact) mass is 404 g/mol. The second-order valence-electron chi connectivity index (χ2n) is 6.35. The molecule has 0 radical (unpaired) electrons. The number of ether oxygens (including phenoxy) is 3. The number of nitrogens with one attached hydrogen (secondary N) is 1. The number of rotatable bonds is 4. The maximum Gasteiger partial charge on any atom is 0.255 e. The van der Waals surface area contributed by atoms with Crippen molar-refractivity contribution < 1.29 is 27.4 Å². The molecule has 2 aliphatic rings. The summed E-state index contributed by atoms with van der Waals surface area (Å²) in [6.45, 7) is 2.39. The molecule has 28 heavy (non-hydrogen) atoms. The topological polar surface area (TPSA) is 94.2 Å². The molecule has 0 bridgehead atoms. The number of nitrogens with zero attached hydrogens (tertiary/aromatic N) is 1. The molecule has 1 saturated heterocycles. The fourth-order valence-electron chi connectivity index (χ4n) is 3.03. The van der Waals surface area contributed by atoms with E-state index in [0.717, 1.165) is 0 Å². The summed E-state index contributed by atoms with van der Waals surface area (Å²) in [6.07, 6.45) is 0. The van der Waals surface area contributed by atoms with Gasteiger partial charge in [-0.3, -0.25) is 4.79 Å². The number of hydrogen-bond donors (Lipinski definition) is 1. The third-order valence-electron chi connectivity index (χ3n) is 4.52. The molecule has 148 valence electrons. The molecule has 0 saturated carbocycles. The van der Waals surface area contributed by atoms with E-state index in [9.17, 15) is 13.2 Å². The van der Waals surface area contributed by atoms with E-state index in [1.165, 1.54) is 16.4 Å². The van der Waals surface area contributed by atoms with Gasteiger partial charge in [0.05, 0.1) is 18.1 Å². The molecule has 2 heterocycles. The Morgan fingerprint density at radius 2 is 1.57 bits per heavy atom. The Hall–Kier alpha value is -2.62. The molecule has 1 N–H and O–H groups in total. The molecule has 1 fully saturated rings. The molecule has 0 unspecified atom stereocenters. The lowest BCUT2D eigenvalue weighted by atomic mass is 10.1. The first-order valence-corrected chi connectivity index (χ1v) is 10.4. The van der Waals surface area contributed by atoms with Crippen LogP contribution in [0.2, 0.25) is 0 Å². The summed E-state index contributed by atoms with van der Waals surface area (Å²) in [4.78, 5) is 12.7. The zero-order valence-electron chi connectivity index (χ0n) is 15.1. The molecule has 1 amide bonds. The van der Waals surface area contributed by atoms with E-state index in [2.05, 4.69) is 5.32 Å². The van der Waals surface area contributed by atoms with Gasteiger partial charge in [-0.05, 0) is 42.5 Å². The lowest BCUT2D eigenvalue weighted by Crippen LogP contribution is -2.40. The lowest BCUT2D eigenvalue weighted by Gasteiger charge is -2.26. The predicted octanol–water partition coefficient (Wildman–Crippen LogP) is 1.73. The molecule has 0 aliphatic carbocycles. The highest BCUT2D eigenvalue weighted by Gasteiger charge is 2.26. The van der Waals surface area contributed by atoms with Crippen molar-refractivity contribution in [3.63, 3.8) is 0 Å². The molecule has 8 nitrogen and oxygen atoms in total. The van der Waals surface area contributed by atoms with Crippen LogP contribution in [0.25, 0.3) is 0 Å². The van der Waals surface area contributed by atoms with Gasteiger partial charge in [0, 0.05) is 24.3 Å². The second kappa shape index (κ2) is 7.78. The number of fused-ring (bicyclic) bond motifs is 1. The Morgan fingerprint density at radius 3 is 2.29 bits per heavy atom. The fourth-order valence-corrected chi connectivity index (χ4v) is 4.44. The maximum atomic E-state index is 12.6. The van der Waals surface area contributed by atoms with E-state index >= 15 is 0 Å².